The van der Waals surface area contributed by atoms with Gasteiger partial charge in [-0.2, -0.15) is 0 Å². The zero-order chi connectivity index (χ0) is 29.7. The first kappa shape index (κ1) is 25.8. The quantitative estimate of drug-likeness (QED) is 0.204. The maximum atomic E-state index is 6.75. The molecule has 0 amide bonds. The van der Waals surface area contributed by atoms with E-state index in [1.165, 1.54) is 44.5 Å². The molecule has 1 nitrogen and oxygen atoms in total. The minimum atomic E-state index is 0.261. The highest BCUT2D eigenvalue weighted by Crippen LogP contribution is 2.51. The van der Waals surface area contributed by atoms with E-state index in [-0.39, 0.29) is 11.8 Å². The third-order valence-corrected chi connectivity index (χ3v) is 9.51. The fourth-order valence-electron chi connectivity index (χ4n) is 7.56. The van der Waals surface area contributed by atoms with E-state index in [0.717, 1.165) is 33.1 Å². The van der Waals surface area contributed by atoms with Gasteiger partial charge in [-0.15, -0.1) is 0 Å². The van der Waals surface area contributed by atoms with Crippen LogP contribution in [0.3, 0.4) is 0 Å². The van der Waals surface area contributed by atoms with Gasteiger partial charge in [-0.05, 0) is 68.3 Å². The van der Waals surface area contributed by atoms with E-state index in [4.69, 9.17) is 4.42 Å². The predicted molar refractivity (Wildman–Crippen MR) is 187 cm³/mol. The van der Waals surface area contributed by atoms with Crippen LogP contribution in [-0.2, 0) is 0 Å². The highest BCUT2D eigenvalue weighted by Gasteiger charge is 2.35. The minimum absolute atomic E-state index is 0.261. The Morgan fingerprint density at radius 1 is 0.511 bits per heavy atom. The van der Waals surface area contributed by atoms with Crippen molar-refractivity contribution in [2.75, 3.05) is 0 Å². The molecule has 2 aliphatic carbocycles. The van der Waals surface area contributed by atoms with Crippen molar-refractivity contribution in [1.29, 1.82) is 0 Å². The van der Waals surface area contributed by atoms with E-state index < -0.39 is 0 Å². The Labute approximate surface area is 263 Å². The molecule has 2 atom stereocenters. The van der Waals surface area contributed by atoms with E-state index >= 15 is 0 Å². The van der Waals surface area contributed by atoms with Crippen molar-refractivity contribution < 1.29 is 4.42 Å². The van der Waals surface area contributed by atoms with Crippen molar-refractivity contribution in [1.82, 2.24) is 0 Å². The van der Waals surface area contributed by atoms with Gasteiger partial charge in [0.05, 0.1) is 0 Å². The highest BCUT2D eigenvalue weighted by molar-refractivity contribution is 6.13. The van der Waals surface area contributed by atoms with Crippen molar-refractivity contribution in [3.63, 3.8) is 0 Å². The van der Waals surface area contributed by atoms with Crippen LogP contribution in [-0.4, -0.2) is 0 Å². The average Bonchev–Trinajstić information content (AvgIpc) is 3.49. The summed E-state index contributed by atoms with van der Waals surface area (Å²) in [7, 11) is 0. The number of hydrogen-bond donors (Lipinski definition) is 0. The summed E-state index contributed by atoms with van der Waals surface area (Å²) < 4.78 is 6.75. The SMILES string of the molecule is C1=CC2=C(c3ccc4oc5c(-c6ccccc6)c(-c6ccccc6)ccc5c4c3)c3ccccc3C(c3ccccc3)C2C=C1. The zero-order valence-corrected chi connectivity index (χ0v) is 24.7. The van der Waals surface area contributed by atoms with Gasteiger partial charge in [-0.1, -0.05) is 152 Å². The Hall–Kier alpha value is -5.66. The first-order valence-corrected chi connectivity index (χ1v) is 15.7. The van der Waals surface area contributed by atoms with Crippen LogP contribution in [0.5, 0.6) is 0 Å². The van der Waals surface area contributed by atoms with Crippen molar-refractivity contribution >= 4 is 27.5 Å². The molecule has 0 aliphatic heterocycles. The lowest BCUT2D eigenvalue weighted by atomic mass is 9.66. The predicted octanol–water partition coefficient (Wildman–Crippen LogP) is 11.6. The molecule has 0 radical (unpaired) electrons. The van der Waals surface area contributed by atoms with Crippen LogP contribution in [0.15, 0.2) is 180 Å². The Morgan fingerprint density at radius 3 is 2.02 bits per heavy atom. The summed E-state index contributed by atoms with van der Waals surface area (Å²) in [5.41, 5.74) is 14.4. The molecule has 0 saturated carbocycles. The van der Waals surface area contributed by atoms with Crippen molar-refractivity contribution in [2.45, 2.75) is 5.92 Å². The summed E-state index contributed by atoms with van der Waals surface area (Å²) in [6.45, 7) is 0. The molecule has 2 unspecified atom stereocenters. The lowest BCUT2D eigenvalue weighted by molar-refractivity contribution is 0.649. The second-order valence-corrected chi connectivity index (χ2v) is 12.0. The van der Waals surface area contributed by atoms with Crippen LogP contribution in [0.25, 0.3) is 49.8 Å². The smallest absolute Gasteiger partial charge is 0.143 e. The van der Waals surface area contributed by atoms with Crippen LogP contribution < -0.4 is 0 Å². The standard InChI is InChI=1S/C44H30O/c1-4-14-29(15-5-1)33-25-26-38-39-28-32(24-27-40(39)45-44(38)43(33)31-18-8-3-9-19-31)42-36-22-12-10-20-34(36)41(30-16-6-2-7-17-30)35-21-11-13-23-37(35)42/h1-28,34,41H. The summed E-state index contributed by atoms with van der Waals surface area (Å²) >= 11 is 0. The van der Waals surface area contributed by atoms with Gasteiger partial charge < -0.3 is 4.42 Å². The molecule has 7 aromatic rings. The zero-order valence-electron chi connectivity index (χ0n) is 24.7. The number of hydrogen-bond acceptors (Lipinski definition) is 1. The van der Waals surface area contributed by atoms with Gasteiger partial charge in [0, 0.05) is 28.2 Å². The molecule has 45 heavy (non-hydrogen) atoms. The molecule has 1 heteroatoms. The van der Waals surface area contributed by atoms with Crippen molar-refractivity contribution in [3.05, 3.63) is 198 Å². The maximum absolute atomic E-state index is 6.75. The largest absolute Gasteiger partial charge is 0.455 e. The fraction of sp³-hybridized carbons (Fsp3) is 0.0455. The van der Waals surface area contributed by atoms with Crippen LogP contribution in [0, 0.1) is 5.92 Å². The van der Waals surface area contributed by atoms with Gasteiger partial charge in [-0.25, -0.2) is 0 Å². The Morgan fingerprint density at radius 2 is 1.22 bits per heavy atom. The van der Waals surface area contributed by atoms with Crippen LogP contribution in [0.4, 0.5) is 0 Å². The summed E-state index contributed by atoms with van der Waals surface area (Å²) in [5, 5.41) is 2.28. The summed E-state index contributed by atoms with van der Waals surface area (Å²) in [4.78, 5) is 0. The number of fused-ring (bicyclic) bond motifs is 5. The fourth-order valence-corrected chi connectivity index (χ4v) is 7.56. The second-order valence-electron chi connectivity index (χ2n) is 12.0. The molecule has 0 saturated heterocycles. The molecule has 6 aromatic carbocycles. The topological polar surface area (TPSA) is 13.1 Å². The minimum Gasteiger partial charge on any atom is -0.455 e. The van der Waals surface area contributed by atoms with E-state index in [1.807, 2.05) is 0 Å². The van der Waals surface area contributed by atoms with Gasteiger partial charge in [0.15, 0.2) is 0 Å². The number of furan rings is 1. The molecule has 1 heterocycles. The lowest BCUT2D eigenvalue weighted by Crippen LogP contribution is -2.22. The van der Waals surface area contributed by atoms with Gasteiger partial charge >= 0.3 is 0 Å². The molecule has 1 aromatic heterocycles. The second kappa shape index (κ2) is 10.5. The molecule has 0 spiro atoms. The van der Waals surface area contributed by atoms with Gasteiger partial charge in [0.1, 0.15) is 11.2 Å². The van der Waals surface area contributed by atoms with Crippen molar-refractivity contribution in [3.8, 4) is 22.3 Å². The maximum Gasteiger partial charge on any atom is 0.143 e. The normalized spacial score (nSPS) is 17.1. The van der Waals surface area contributed by atoms with Gasteiger partial charge in [0.2, 0.25) is 0 Å². The van der Waals surface area contributed by atoms with E-state index in [0.29, 0.717) is 0 Å². The number of allylic oxidation sites excluding steroid dienone is 5. The summed E-state index contributed by atoms with van der Waals surface area (Å²) in [5.74, 6) is 0.530. The molecule has 0 fully saturated rings. The van der Waals surface area contributed by atoms with Crippen LogP contribution in [0.1, 0.15) is 28.2 Å². The Bertz CT molecular complexity index is 2300. The first-order valence-electron chi connectivity index (χ1n) is 15.7. The summed E-state index contributed by atoms with van der Waals surface area (Å²) in [6, 6.07) is 52.4. The molecule has 0 bridgehead atoms. The van der Waals surface area contributed by atoms with Crippen molar-refractivity contribution in [2.24, 2.45) is 5.92 Å². The van der Waals surface area contributed by atoms with Gasteiger partial charge in [-0.3, -0.25) is 0 Å². The first-order chi connectivity index (χ1) is 22.3. The lowest BCUT2D eigenvalue weighted by Gasteiger charge is -2.36. The van der Waals surface area contributed by atoms with E-state index in [1.54, 1.807) is 0 Å². The monoisotopic (exact) mass is 574 g/mol. The van der Waals surface area contributed by atoms with Crippen LogP contribution >= 0.6 is 0 Å². The highest BCUT2D eigenvalue weighted by atomic mass is 16.3. The third-order valence-electron chi connectivity index (χ3n) is 9.51. The average molecular weight is 575 g/mol. The Balaban J connectivity index is 1.28. The molecular weight excluding hydrogens is 544 g/mol. The number of rotatable bonds is 4. The molecular formula is C44H30O. The number of benzene rings is 6. The third kappa shape index (κ3) is 4.16. The molecule has 9 rings (SSSR count). The van der Waals surface area contributed by atoms with Crippen LogP contribution in [0.2, 0.25) is 0 Å². The summed E-state index contributed by atoms with van der Waals surface area (Å²) in [6.07, 6.45) is 9.10. The molecule has 212 valence electrons. The molecule has 2 aliphatic rings. The van der Waals surface area contributed by atoms with E-state index in [2.05, 4.69) is 170 Å². The molecule has 0 N–H and O–H groups in total. The van der Waals surface area contributed by atoms with Gasteiger partial charge in [0.25, 0.3) is 0 Å². The van der Waals surface area contributed by atoms with E-state index in [9.17, 15) is 0 Å². The Kier molecular flexibility index (Phi) is 6.02.